The number of methoxy groups -OCH3 is 2. The van der Waals surface area contributed by atoms with E-state index in [2.05, 4.69) is 19.6 Å². The number of aromatic nitrogens is 2. The van der Waals surface area contributed by atoms with Gasteiger partial charge in [-0.25, -0.2) is 23.1 Å². The molecule has 1 aliphatic heterocycles. The summed E-state index contributed by atoms with van der Waals surface area (Å²) in [5, 5.41) is 0. The van der Waals surface area contributed by atoms with Gasteiger partial charge in [-0.05, 0) is 18.2 Å². The van der Waals surface area contributed by atoms with E-state index in [1.165, 1.54) is 26.4 Å². The number of sulfonamides is 1. The lowest BCUT2D eigenvalue weighted by Crippen LogP contribution is -2.37. The van der Waals surface area contributed by atoms with Gasteiger partial charge in [0.2, 0.25) is 10.0 Å². The Balaban J connectivity index is 1.74. The Morgan fingerprint density at radius 1 is 1.19 bits per heavy atom. The van der Waals surface area contributed by atoms with Gasteiger partial charge in [0.25, 0.3) is 0 Å². The van der Waals surface area contributed by atoms with Crippen LogP contribution in [0.15, 0.2) is 35.4 Å². The minimum atomic E-state index is -3.81. The van der Waals surface area contributed by atoms with Crippen LogP contribution in [0.4, 0.5) is 5.82 Å². The first kappa shape index (κ1) is 19.3. The molecule has 146 valence electrons. The number of nitrogens with zero attached hydrogens (tertiary/aromatic N) is 3. The molecule has 0 unspecified atom stereocenters. The standard InChI is InChI=1S/C17H22N4O5S/c1-24-13-3-4-15(14(11-13)25-2)27(22,23)19-12-16-18-6-5-17(20-16)21-7-9-26-10-8-21/h3-6,11,19H,7-10,12H2,1-2H3. The van der Waals surface area contributed by atoms with Gasteiger partial charge in [0.05, 0.1) is 34.0 Å². The third-order valence-corrected chi connectivity index (χ3v) is 5.55. The highest BCUT2D eigenvalue weighted by Gasteiger charge is 2.21. The highest BCUT2D eigenvalue weighted by molar-refractivity contribution is 7.89. The minimum absolute atomic E-state index is 0.0233. The zero-order valence-electron chi connectivity index (χ0n) is 15.2. The van der Waals surface area contributed by atoms with Gasteiger partial charge in [0.1, 0.15) is 28.0 Å². The summed E-state index contributed by atoms with van der Waals surface area (Å²) in [5.41, 5.74) is 0. The van der Waals surface area contributed by atoms with Crippen LogP contribution in [-0.2, 0) is 21.3 Å². The third kappa shape index (κ3) is 4.65. The smallest absolute Gasteiger partial charge is 0.244 e. The maximum atomic E-state index is 12.7. The number of morpholine rings is 1. The molecule has 0 aliphatic carbocycles. The second kappa shape index (κ2) is 8.51. The van der Waals surface area contributed by atoms with Crippen molar-refractivity contribution >= 4 is 15.8 Å². The first-order chi connectivity index (χ1) is 13.0. The summed E-state index contributed by atoms with van der Waals surface area (Å²) in [6.07, 6.45) is 1.62. The van der Waals surface area contributed by atoms with Crippen LogP contribution >= 0.6 is 0 Å². The van der Waals surface area contributed by atoms with Crippen LogP contribution in [0.2, 0.25) is 0 Å². The number of nitrogens with one attached hydrogen (secondary N) is 1. The molecule has 0 radical (unpaired) electrons. The van der Waals surface area contributed by atoms with E-state index in [-0.39, 0.29) is 17.2 Å². The molecule has 9 nitrogen and oxygen atoms in total. The molecule has 0 spiro atoms. The van der Waals surface area contributed by atoms with Gasteiger partial charge >= 0.3 is 0 Å². The van der Waals surface area contributed by atoms with E-state index in [0.29, 0.717) is 24.8 Å². The Kier molecular flexibility index (Phi) is 6.09. The van der Waals surface area contributed by atoms with Crippen molar-refractivity contribution in [2.75, 3.05) is 45.4 Å². The average Bonchev–Trinajstić information content (AvgIpc) is 2.72. The van der Waals surface area contributed by atoms with Crippen LogP contribution in [0, 0.1) is 0 Å². The van der Waals surface area contributed by atoms with Crippen molar-refractivity contribution < 1.29 is 22.6 Å². The molecule has 1 aromatic heterocycles. The SMILES string of the molecule is COc1ccc(S(=O)(=O)NCc2nccc(N3CCOCC3)n2)c(OC)c1. The van der Waals surface area contributed by atoms with Crippen LogP contribution in [0.3, 0.4) is 0 Å². The van der Waals surface area contributed by atoms with Crippen molar-refractivity contribution in [1.82, 2.24) is 14.7 Å². The van der Waals surface area contributed by atoms with Crippen LogP contribution in [0.5, 0.6) is 11.5 Å². The van der Waals surface area contributed by atoms with Crippen LogP contribution < -0.4 is 19.1 Å². The van der Waals surface area contributed by atoms with Gasteiger partial charge in [0.15, 0.2) is 0 Å². The largest absolute Gasteiger partial charge is 0.497 e. The second-order valence-electron chi connectivity index (χ2n) is 5.77. The van der Waals surface area contributed by atoms with Crippen molar-refractivity contribution in [3.05, 3.63) is 36.3 Å². The summed E-state index contributed by atoms with van der Waals surface area (Å²) in [6, 6.07) is 6.32. The van der Waals surface area contributed by atoms with Gasteiger partial charge in [-0.1, -0.05) is 0 Å². The van der Waals surface area contributed by atoms with E-state index < -0.39 is 10.0 Å². The van der Waals surface area contributed by atoms with Crippen molar-refractivity contribution in [2.24, 2.45) is 0 Å². The molecule has 1 aromatic carbocycles. The summed E-state index contributed by atoms with van der Waals surface area (Å²) < 4.78 is 43.4. The number of rotatable bonds is 7. The lowest BCUT2D eigenvalue weighted by Gasteiger charge is -2.27. The maximum Gasteiger partial charge on any atom is 0.244 e. The van der Waals surface area contributed by atoms with Crippen LogP contribution in [0.25, 0.3) is 0 Å². The normalized spacial score (nSPS) is 14.8. The Labute approximate surface area is 158 Å². The fourth-order valence-corrected chi connectivity index (χ4v) is 3.81. The topological polar surface area (TPSA) is 103 Å². The van der Waals surface area contributed by atoms with Crippen LogP contribution in [0.1, 0.15) is 5.82 Å². The zero-order chi connectivity index (χ0) is 19.3. The first-order valence-electron chi connectivity index (χ1n) is 8.40. The van der Waals surface area contributed by atoms with E-state index in [1.807, 2.05) is 0 Å². The molecule has 1 fully saturated rings. The number of anilines is 1. The van der Waals surface area contributed by atoms with Gasteiger partial charge in [0, 0.05) is 25.4 Å². The predicted molar refractivity (Wildman–Crippen MR) is 98.6 cm³/mol. The third-order valence-electron chi connectivity index (χ3n) is 4.11. The Morgan fingerprint density at radius 2 is 1.96 bits per heavy atom. The lowest BCUT2D eigenvalue weighted by atomic mass is 10.3. The van der Waals surface area contributed by atoms with E-state index in [4.69, 9.17) is 14.2 Å². The van der Waals surface area contributed by atoms with E-state index in [0.717, 1.165) is 18.9 Å². The van der Waals surface area contributed by atoms with E-state index in [9.17, 15) is 8.42 Å². The van der Waals surface area contributed by atoms with Crippen molar-refractivity contribution in [3.8, 4) is 11.5 Å². The number of hydrogen-bond acceptors (Lipinski definition) is 8. The van der Waals surface area contributed by atoms with Crippen molar-refractivity contribution in [1.29, 1.82) is 0 Å². The second-order valence-corrected chi connectivity index (χ2v) is 7.51. The van der Waals surface area contributed by atoms with Crippen molar-refractivity contribution in [3.63, 3.8) is 0 Å². The van der Waals surface area contributed by atoms with Crippen LogP contribution in [-0.4, -0.2) is 58.9 Å². The Morgan fingerprint density at radius 3 is 2.67 bits per heavy atom. The summed E-state index contributed by atoms with van der Waals surface area (Å²) >= 11 is 0. The van der Waals surface area contributed by atoms with E-state index >= 15 is 0 Å². The first-order valence-corrected chi connectivity index (χ1v) is 9.88. The highest BCUT2D eigenvalue weighted by atomic mass is 32.2. The Bertz CT molecular complexity index is 885. The van der Waals surface area contributed by atoms with Gasteiger partial charge < -0.3 is 19.1 Å². The average molecular weight is 394 g/mol. The summed E-state index contributed by atoms with van der Waals surface area (Å²) in [5.74, 6) is 1.84. The zero-order valence-corrected chi connectivity index (χ0v) is 16.0. The van der Waals surface area contributed by atoms with E-state index in [1.54, 1.807) is 18.3 Å². The molecule has 1 aliphatic rings. The molecule has 2 aromatic rings. The molecule has 3 rings (SSSR count). The number of ether oxygens (including phenoxy) is 3. The molecule has 1 saturated heterocycles. The molecule has 1 N–H and O–H groups in total. The Hall–Kier alpha value is -2.43. The van der Waals surface area contributed by atoms with Gasteiger partial charge in [-0.2, -0.15) is 0 Å². The molecule has 10 heteroatoms. The number of benzene rings is 1. The van der Waals surface area contributed by atoms with Gasteiger partial charge in [-0.3, -0.25) is 0 Å². The minimum Gasteiger partial charge on any atom is -0.497 e. The lowest BCUT2D eigenvalue weighted by molar-refractivity contribution is 0.122. The molecular formula is C17H22N4O5S. The maximum absolute atomic E-state index is 12.7. The molecule has 0 bridgehead atoms. The summed E-state index contributed by atoms with van der Waals surface area (Å²) in [6.45, 7) is 2.73. The molecule has 0 amide bonds. The fraction of sp³-hybridized carbons (Fsp3) is 0.412. The predicted octanol–water partition coefficient (Wildman–Crippen LogP) is 0.809. The monoisotopic (exact) mass is 394 g/mol. The fourth-order valence-electron chi connectivity index (χ4n) is 2.68. The quantitative estimate of drug-likeness (QED) is 0.736. The molecule has 27 heavy (non-hydrogen) atoms. The van der Waals surface area contributed by atoms with Gasteiger partial charge in [-0.15, -0.1) is 0 Å². The summed E-state index contributed by atoms with van der Waals surface area (Å²) in [7, 11) is -0.903. The molecule has 0 atom stereocenters. The van der Waals surface area contributed by atoms with Crippen molar-refractivity contribution in [2.45, 2.75) is 11.4 Å². The molecular weight excluding hydrogens is 372 g/mol. The highest BCUT2D eigenvalue weighted by Crippen LogP contribution is 2.28. The molecule has 2 heterocycles. The molecule has 0 saturated carbocycles. The summed E-state index contributed by atoms with van der Waals surface area (Å²) in [4.78, 5) is 10.7. The number of hydrogen-bond donors (Lipinski definition) is 1.